The maximum absolute atomic E-state index is 12.8. The molecule has 1 unspecified atom stereocenters. The van der Waals surface area contributed by atoms with Gasteiger partial charge in [0.15, 0.2) is 0 Å². The third-order valence-corrected chi connectivity index (χ3v) is 7.68. The van der Waals surface area contributed by atoms with Gasteiger partial charge in [-0.05, 0) is 42.9 Å². The van der Waals surface area contributed by atoms with Crippen molar-refractivity contribution in [3.63, 3.8) is 0 Å². The molecule has 1 aliphatic rings. The molecule has 1 aromatic heterocycles. The van der Waals surface area contributed by atoms with Crippen LogP contribution < -0.4 is 5.32 Å². The summed E-state index contributed by atoms with van der Waals surface area (Å²) in [5.74, 6) is 3.25. The van der Waals surface area contributed by atoms with E-state index in [2.05, 4.69) is 96.6 Å². The van der Waals surface area contributed by atoms with Crippen LogP contribution in [0.3, 0.4) is 0 Å². The Balaban J connectivity index is 1.21. The van der Waals surface area contributed by atoms with Gasteiger partial charge in [0.2, 0.25) is 17.6 Å². The zero-order valence-corrected chi connectivity index (χ0v) is 22.7. The summed E-state index contributed by atoms with van der Waals surface area (Å²) in [5.41, 5.74) is 4.94. The standard InChI is InChI=1S/C29H38N4O2S/c1-21-7-9-22(10-8-21)20-36-17-15-30-28(34)24-6-5-16-33(18-24)19-26-31-27(32-35-26)23-11-13-25(14-12-23)29(2,3)4/h7-14,24H,5-6,15-20H2,1-4H3,(H,30,34). The largest absolute Gasteiger partial charge is 0.355 e. The lowest BCUT2D eigenvalue weighted by atomic mass is 9.87. The van der Waals surface area contributed by atoms with Crippen LogP contribution in [-0.2, 0) is 22.5 Å². The maximum Gasteiger partial charge on any atom is 0.241 e. The fourth-order valence-corrected chi connectivity index (χ4v) is 5.24. The highest BCUT2D eigenvalue weighted by atomic mass is 32.2. The smallest absolute Gasteiger partial charge is 0.241 e. The summed E-state index contributed by atoms with van der Waals surface area (Å²) in [6.07, 6.45) is 1.92. The van der Waals surface area contributed by atoms with Gasteiger partial charge in [0.05, 0.1) is 12.5 Å². The lowest BCUT2D eigenvalue weighted by Gasteiger charge is -2.30. The number of rotatable bonds is 9. The molecule has 0 radical (unpaired) electrons. The highest BCUT2D eigenvalue weighted by Gasteiger charge is 2.26. The number of likely N-dealkylation sites (tertiary alicyclic amines) is 1. The fourth-order valence-electron chi connectivity index (χ4n) is 4.43. The first-order chi connectivity index (χ1) is 17.3. The molecule has 0 aliphatic carbocycles. The molecule has 1 saturated heterocycles. The number of piperidine rings is 1. The monoisotopic (exact) mass is 506 g/mol. The van der Waals surface area contributed by atoms with Crippen LogP contribution in [0.2, 0.25) is 0 Å². The number of hydrogen-bond acceptors (Lipinski definition) is 6. The number of nitrogens with zero attached hydrogens (tertiary/aromatic N) is 3. The Hall–Kier alpha value is -2.64. The van der Waals surface area contributed by atoms with Crippen molar-refractivity contribution in [2.24, 2.45) is 5.92 Å². The van der Waals surface area contributed by atoms with E-state index in [1.807, 2.05) is 11.8 Å². The number of aryl methyl sites for hydroxylation is 1. The van der Waals surface area contributed by atoms with Crippen LogP contribution in [0.25, 0.3) is 11.4 Å². The van der Waals surface area contributed by atoms with Gasteiger partial charge in [-0.3, -0.25) is 9.69 Å². The molecule has 36 heavy (non-hydrogen) atoms. The zero-order valence-electron chi connectivity index (χ0n) is 21.9. The summed E-state index contributed by atoms with van der Waals surface area (Å²) >= 11 is 1.85. The second-order valence-electron chi connectivity index (χ2n) is 10.7. The number of carbonyl (C=O) groups excluding carboxylic acids is 1. The van der Waals surface area contributed by atoms with Gasteiger partial charge in [-0.1, -0.05) is 80.0 Å². The fraction of sp³-hybridized carbons (Fsp3) is 0.483. The summed E-state index contributed by atoms with van der Waals surface area (Å²) in [7, 11) is 0. The number of amides is 1. The van der Waals surface area contributed by atoms with Crippen molar-refractivity contribution in [1.29, 1.82) is 0 Å². The summed E-state index contributed by atoms with van der Waals surface area (Å²) in [6.45, 7) is 11.6. The summed E-state index contributed by atoms with van der Waals surface area (Å²) < 4.78 is 5.54. The van der Waals surface area contributed by atoms with E-state index in [9.17, 15) is 4.79 Å². The number of thioether (sulfide) groups is 1. The van der Waals surface area contributed by atoms with Crippen molar-refractivity contribution < 1.29 is 9.32 Å². The normalized spacial score (nSPS) is 16.7. The Bertz CT molecular complexity index is 1120. The van der Waals surface area contributed by atoms with E-state index in [1.165, 1.54) is 16.7 Å². The Morgan fingerprint density at radius 2 is 1.89 bits per heavy atom. The second kappa shape index (κ2) is 12.1. The maximum atomic E-state index is 12.8. The van der Waals surface area contributed by atoms with Crippen LogP contribution in [0.4, 0.5) is 0 Å². The zero-order chi connectivity index (χ0) is 25.5. The van der Waals surface area contributed by atoms with Crippen molar-refractivity contribution in [2.45, 2.75) is 58.2 Å². The van der Waals surface area contributed by atoms with E-state index in [-0.39, 0.29) is 17.2 Å². The molecule has 0 saturated carbocycles. The minimum absolute atomic E-state index is 0.00758. The van der Waals surface area contributed by atoms with Crippen molar-refractivity contribution in [3.8, 4) is 11.4 Å². The molecule has 1 aliphatic heterocycles. The molecule has 192 valence electrons. The summed E-state index contributed by atoms with van der Waals surface area (Å²) in [5, 5.41) is 7.32. The van der Waals surface area contributed by atoms with Gasteiger partial charge in [0.1, 0.15) is 0 Å². The lowest BCUT2D eigenvalue weighted by Crippen LogP contribution is -2.43. The van der Waals surface area contributed by atoms with E-state index in [4.69, 9.17) is 4.52 Å². The van der Waals surface area contributed by atoms with Crippen molar-refractivity contribution >= 4 is 17.7 Å². The minimum atomic E-state index is 0.00758. The Morgan fingerprint density at radius 1 is 1.14 bits per heavy atom. The average Bonchev–Trinajstić information content (AvgIpc) is 3.33. The molecule has 3 aromatic rings. The number of hydrogen-bond donors (Lipinski definition) is 1. The van der Waals surface area contributed by atoms with Gasteiger partial charge in [0, 0.05) is 30.2 Å². The van der Waals surface area contributed by atoms with E-state index < -0.39 is 0 Å². The Labute approximate surface area is 219 Å². The van der Waals surface area contributed by atoms with Crippen LogP contribution >= 0.6 is 11.8 Å². The molecular weight excluding hydrogens is 468 g/mol. The van der Waals surface area contributed by atoms with Gasteiger partial charge >= 0.3 is 0 Å². The van der Waals surface area contributed by atoms with Crippen molar-refractivity contribution in [3.05, 3.63) is 71.1 Å². The average molecular weight is 507 g/mol. The van der Waals surface area contributed by atoms with Gasteiger partial charge in [-0.15, -0.1) is 0 Å². The molecule has 4 rings (SSSR count). The summed E-state index contributed by atoms with van der Waals surface area (Å²) in [4.78, 5) is 19.6. The van der Waals surface area contributed by atoms with Crippen molar-refractivity contribution in [2.75, 3.05) is 25.4 Å². The van der Waals surface area contributed by atoms with Gasteiger partial charge in [0.25, 0.3) is 0 Å². The van der Waals surface area contributed by atoms with E-state index in [0.717, 1.165) is 43.0 Å². The molecule has 2 aromatic carbocycles. The number of aromatic nitrogens is 2. The number of carbonyl (C=O) groups is 1. The first-order valence-electron chi connectivity index (χ1n) is 12.8. The Kier molecular flexibility index (Phi) is 8.86. The van der Waals surface area contributed by atoms with Gasteiger partial charge < -0.3 is 9.84 Å². The van der Waals surface area contributed by atoms with Gasteiger partial charge in [-0.2, -0.15) is 16.7 Å². The quantitative estimate of drug-likeness (QED) is 0.381. The third kappa shape index (κ3) is 7.43. The highest BCUT2D eigenvalue weighted by molar-refractivity contribution is 7.98. The van der Waals surface area contributed by atoms with E-state index in [1.54, 1.807) is 0 Å². The third-order valence-electron chi connectivity index (χ3n) is 6.65. The van der Waals surface area contributed by atoms with Crippen LogP contribution in [-0.4, -0.2) is 46.3 Å². The molecule has 1 amide bonds. The van der Waals surface area contributed by atoms with Crippen LogP contribution in [0, 0.1) is 12.8 Å². The molecule has 0 bridgehead atoms. The van der Waals surface area contributed by atoms with Crippen molar-refractivity contribution in [1.82, 2.24) is 20.4 Å². The van der Waals surface area contributed by atoms with Crippen LogP contribution in [0.15, 0.2) is 53.1 Å². The Morgan fingerprint density at radius 3 is 2.61 bits per heavy atom. The molecule has 6 nitrogen and oxygen atoms in total. The molecule has 1 fully saturated rings. The number of nitrogens with one attached hydrogen (secondary N) is 1. The molecule has 7 heteroatoms. The molecule has 2 heterocycles. The SMILES string of the molecule is Cc1ccc(CSCCNC(=O)C2CCCN(Cc3nc(-c4ccc(C(C)(C)C)cc4)no3)C2)cc1. The first kappa shape index (κ1) is 26.4. The highest BCUT2D eigenvalue weighted by Crippen LogP contribution is 2.25. The van der Waals surface area contributed by atoms with Crippen LogP contribution in [0.5, 0.6) is 0 Å². The molecule has 0 spiro atoms. The van der Waals surface area contributed by atoms with Gasteiger partial charge in [-0.25, -0.2) is 0 Å². The summed E-state index contributed by atoms with van der Waals surface area (Å²) in [6, 6.07) is 17.0. The van der Waals surface area contributed by atoms with E-state index in [0.29, 0.717) is 24.8 Å². The minimum Gasteiger partial charge on any atom is -0.355 e. The predicted molar refractivity (Wildman–Crippen MR) is 147 cm³/mol. The molecule has 1 atom stereocenters. The van der Waals surface area contributed by atoms with Crippen LogP contribution in [0.1, 0.15) is 56.2 Å². The molecular formula is C29H38N4O2S. The topological polar surface area (TPSA) is 71.3 Å². The lowest BCUT2D eigenvalue weighted by molar-refractivity contribution is -0.126. The molecule has 1 N–H and O–H groups in total. The number of benzene rings is 2. The van der Waals surface area contributed by atoms with E-state index >= 15 is 0 Å². The predicted octanol–water partition coefficient (Wildman–Crippen LogP) is 5.60. The first-order valence-corrected chi connectivity index (χ1v) is 14.0. The second-order valence-corrected chi connectivity index (χ2v) is 11.8.